The first-order valence-electron chi connectivity index (χ1n) is 7.22. The number of carboxylic acid groups (broad SMARTS) is 1. The van der Waals surface area contributed by atoms with Crippen LogP contribution in [0.4, 0.5) is 0 Å². The molecular weight excluding hydrogens is 246 g/mol. The van der Waals surface area contributed by atoms with Gasteiger partial charge in [-0.15, -0.1) is 0 Å². The third kappa shape index (κ3) is 3.47. The molecule has 1 amide bonds. The summed E-state index contributed by atoms with van der Waals surface area (Å²) in [6, 6.07) is 0. The van der Waals surface area contributed by atoms with Crippen molar-refractivity contribution < 1.29 is 19.4 Å². The third-order valence-electron chi connectivity index (χ3n) is 4.26. The van der Waals surface area contributed by atoms with Crippen molar-refractivity contribution in [2.24, 2.45) is 0 Å². The predicted octanol–water partition coefficient (Wildman–Crippen LogP) is 1.85. The van der Waals surface area contributed by atoms with Crippen molar-refractivity contribution in [2.75, 3.05) is 0 Å². The van der Waals surface area contributed by atoms with Crippen LogP contribution in [0.15, 0.2) is 0 Å². The number of carbonyl (C=O) groups is 2. The van der Waals surface area contributed by atoms with Crippen molar-refractivity contribution in [1.82, 2.24) is 5.32 Å². The Morgan fingerprint density at radius 2 is 2.00 bits per heavy atom. The Hall–Kier alpha value is -1.10. The highest BCUT2D eigenvalue weighted by atomic mass is 16.5. The molecule has 2 fully saturated rings. The van der Waals surface area contributed by atoms with Gasteiger partial charge in [-0.3, -0.25) is 4.79 Å². The number of amides is 1. The van der Waals surface area contributed by atoms with Gasteiger partial charge >= 0.3 is 5.97 Å². The lowest BCUT2D eigenvalue weighted by Gasteiger charge is -2.25. The summed E-state index contributed by atoms with van der Waals surface area (Å²) in [5.74, 6) is -1.06. The molecule has 1 heterocycles. The first-order chi connectivity index (χ1) is 9.02. The molecule has 2 N–H and O–H groups in total. The predicted molar refractivity (Wildman–Crippen MR) is 69.8 cm³/mol. The lowest BCUT2D eigenvalue weighted by Crippen LogP contribution is -2.52. The van der Waals surface area contributed by atoms with Gasteiger partial charge in [0.15, 0.2) is 0 Å². The fraction of sp³-hybridized carbons (Fsp3) is 0.857. The van der Waals surface area contributed by atoms with Crippen LogP contribution in [0, 0.1) is 0 Å². The average Bonchev–Trinajstić information content (AvgIpc) is 2.97. The zero-order valence-electron chi connectivity index (χ0n) is 11.5. The minimum absolute atomic E-state index is 0.158. The summed E-state index contributed by atoms with van der Waals surface area (Å²) in [5.41, 5.74) is -1.01. The maximum Gasteiger partial charge on any atom is 0.329 e. The van der Waals surface area contributed by atoms with Crippen LogP contribution in [0.5, 0.6) is 0 Å². The van der Waals surface area contributed by atoms with Crippen molar-refractivity contribution in [1.29, 1.82) is 0 Å². The topological polar surface area (TPSA) is 75.6 Å². The monoisotopic (exact) mass is 269 g/mol. The van der Waals surface area contributed by atoms with Crippen molar-refractivity contribution in [2.45, 2.75) is 76.0 Å². The Kier molecular flexibility index (Phi) is 4.45. The molecule has 5 heteroatoms. The summed E-state index contributed by atoms with van der Waals surface area (Å²) in [7, 11) is 0. The lowest BCUT2D eigenvalue weighted by atomic mass is 9.97. The summed E-state index contributed by atoms with van der Waals surface area (Å²) >= 11 is 0. The second-order valence-corrected chi connectivity index (χ2v) is 5.83. The molecule has 0 aromatic carbocycles. The van der Waals surface area contributed by atoms with Crippen molar-refractivity contribution >= 4 is 11.9 Å². The molecule has 0 spiro atoms. The third-order valence-corrected chi connectivity index (χ3v) is 4.26. The van der Waals surface area contributed by atoms with Crippen LogP contribution in [0.25, 0.3) is 0 Å². The highest BCUT2D eigenvalue weighted by Crippen LogP contribution is 2.30. The number of rotatable bonds is 5. The van der Waals surface area contributed by atoms with Gasteiger partial charge in [0.05, 0.1) is 12.2 Å². The van der Waals surface area contributed by atoms with E-state index in [0.717, 1.165) is 25.7 Å². The van der Waals surface area contributed by atoms with Gasteiger partial charge in [-0.2, -0.15) is 0 Å². The van der Waals surface area contributed by atoms with E-state index in [1.165, 1.54) is 0 Å². The summed E-state index contributed by atoms with van der Waals surface area (Å²) in [4.78, 5) is 23.2. The van der Waals surface area contributed by atoms with Gasteiger partial charge in [-0.25, -0.2) is 4.79 Å². The molecule has 2 atom stereocenters. The first-order valence-corrected chi connectivity index (χ1v) is 7.22. The van der Waals surface area contributed by atoms with Crippen molar-refractivity contribution in [3.8, 4) is 0 Å². The van der Waals surface area contributed by atoms with E-state index in [9.17, 15) is 14.7 Å². The van der Waals surface area contributed by atoms with Gasteiger partial charge < -0.3 is 15.2 Å². The van der Waals surface area contributed by atoms with Gasteiger partial charge in [0.2, 0.25) is 5.91 Å². The number of carbonyl (C=O) groups excluding carboxylic acids is 1. The molecule has 1 aliphatic carbocycles. The van der Waals surface area contributed by atoms with Gasteiger partial charge in [-0.05, 0) is 39.0 Å². The van der Waals surface area contributed by atoms with Crippen LogP contribution in [-0.4, -0.2) is 34.7 Å². The Morgan fingerprint density at radius 3 is 2.53 bits per heavy atom. The van der Waals surface area contributed by atoms with E-state index in [2.05, 4.69) is 5.32 Å². The Morgan fingerprint density at radius 1 is 1.32 bits per heavy atom. The molecule has 1 saturated heterocycles. The normalized spacial score (nSPS) is 29.3. The van der Waals surface area contributed by atoms with Crippen LogP contribution in [0.3, 0.4) is 0 Å². The average molecular weight is 269 g/mol. The minimum Gasteiger partial charge on any atom is -0.480 e. The first kappa shape index (κ1) is 14.3. The molecule has 108 valence electrons. The number of hydrogen-bond acceptors (Lipinski definition) is 3. The maximum absolute atomic E-state index is 11.9. The van der Waals surface area contributed by atoms with E-state index in [1.54, 1.807) is 0 Å². The maximum atomic E-state index is 11.9. The molecule has 0 bridgehead atoms. The summed E-state index contributed by atoms with van der Waals surface area (Å²) in [6.45, 7) is 2.04. The fourth-order valence-electron chi connectivity index (χ4n) is 3.09. The van der Waals surface area contributed by atoms with E-state index in [4.69, 9.17) is 4.74 Å². The molecule has 5 nitrogen and oxygen atoms in total. The quantitative estimate of drug-likeness (QED) is 0.798. The zero-order chi connectivity index (χ0) is 13.9. The molecule has 0 aromatic rings. The van der Waals surface area contributed by atoms with Crippen LogP contribution in [-0.2, 0) is 14.3 Å². The van der Waals surface area contributed by atoms with Gasteiger partial charge in [-0.1, -0.05) is 12.8 Å². The fourth-order valence-corrected chi connectivity index (χ4v) is 3.09. The highest BCUT2D eigenvalue weighted by molar-refractivity contribution is 5.87. The largest absolute Gasteiger partial charge is 0.480 e. The van der Waals surface area contributed by atoms with Crippen LogP contribution in [0.1, 0.15) is 58.3 Å². The minimum atomic E-state index is -1.01. The summed E-state index contributed by atoms with van der Waals surface area (Å²) in [6.07, 6.45) is 6.36. The molecule has 0 radical (unpaired) electrons. The summed E-state index contributed by atoms with van der Waals surface area (Å²) < 4.78 is 5.66. The van der Waals surface area contributed by atoms with Crippen molar-refractivity contribution in [3.63, 3.8) is 0 Å². The molecule has 0 aromatic heterocycles. The molecule has 1 aliphatic heterocycles. The highest BCUT2D eigenvalue weighted by Gasteiger charge is 2.42. The van der Waals surface area contributed by atoms with Crippen molar-refractivity contribution in [3.05, 3.63) is 0 Å². The van der Waals surface area contributed by atoms with E-state index >= 15 is 0 Å². The van der Waals surface area contributed by atoms with Gasteiger partial charge in [0.1, 0.15) is 5.54 Å². The molecular formula is C14H23NO4. The molecule has 2 aliphatic rings. The van der Waals surface area contributed by atoms with Crippen LogP contribution in [0.2, 0.25) is 0 Å². The number of carboxylic acids is 1. The van der Waals surface area contributed by atoms with E-state index in [-0.39, 0.29) is 18.1 Å². The summed E-state index contributed by atoms with van der Waals surface area (Å²) in [5, 5.41) is 12.0. The van der Waals surface area contributed by atoms with Gasteiger partial charge in [0, 0.05) is 6.42 Å². The standard InChI is InChI=1S/C14H23NO4/c1-10-4-5-11(19-10)6-7-12(16)15-14(13(17)18)8-2-3-9-14/h10-11H,2-9H2,1H3,(H,15,16)(H,17,18)/t10-,11-/m1/s1. The van der Waals surface area contributed by atoms with Crippen LogP contribution < -0.4 is 5.32 Å². The molecule has 1 saturated carbocycles. The molecule has 19 heavy (non-hydrogen) atoms. The Balaban J connectivity index is 1.78. The van der Waals surface area contributed by atoms with Gasteiger partial charge in [0.25, 0.3) is 0 Å². The molecule has 2 rings (SSSR count). The SMILES string of the molecule is C[C@@H]1CC[C@H](CCC(=O)NC2(C(=O)O)CCCC2)O1. The van der Waals surface area contributed by atoms with E-state index < -0.39 is 11.5 Å². The lowest BCUT2D eigenvalue weighted by molar-refractivity contribution is -0.147. The number of aliphatic carboxylic acids is 1. The Labute approximate surface area is 113 Å². The van der Waals surface area contributed by atoms with E-state index in [1.807, 2.05) is 6.92 Å². The second-order valence-electron chi connectivity index (χ2n) is 5.83. The molecule has 0 unspecified atom stereocenters. The van der Waals surface area contributed by atoms with E-state index in [0.29, 0.717) is 25.7 Å². The number of ether oxygens (including phenoxy) is 1. The second kappa shape index (κ2) is 5.90. The van der Waals surface area contributed by atoms with Crippen LogP contribution >= 0.6 is 0 Å². The number of hydrogen-bond donors (Lipinski definition) is 2. The number of nitrogens with one attached hydrogen (secondary N) is 1. The zero-order valence-corrected chi connectivity index (χ0v) is 11.5. The smallest absolute Gasteiger partial charge is 0.329 e. The Bertz CT molecular complexity index is 349.